The molecule has 0 bridgehead atoms. The minimum absolute atomic E-state index is 0.0237. The van der Waals surface area contributed by atoms with Crippen molar-refractivity contribution in [2.45, 2.75) is 11.7 Å². The summed E-state index contributed by atoms with van der Waals surface area (Å²) in [4.78, 5) is 22.9. The largest absolute Gasteiger partial charge is 0.368 e. The molecule has 2 amide bonds. The maximum absolute atomic E-state index is 11.1. The van der Waals surface area contributed by atoms with Gasteiger partial charge in [0.1, 0.15) is 0 Å². The smallest absolute Gasteiger partial charge is 0.237 e. The number of hydrogen-bond donors (Lipinski definition) is 2. The summed E-state index contributed by atoms with van der Waals surface area (Å²) in [5.41, 5.74) is 4.92. The van der Waals surface area contributed by atoms with Crippen LogP contribution in [0.4, 0.5) is 0 Å². The first kappa shape index (κ1) is 8.39. The van der Waals surface area contributed by atoms with E-state index in [2.05, 4.69) is 12.6 Å². The second kappa shape index (κ2) is 3.13. The molecule has 62 valence electrons. The van der Waals surface area contributed by atoms with Crippen LogP contribution in [0, 0.1) is 0 Å². The molecule has 1 heterocycles. The van der Waals surface area contributed by atoms with Crippen LogP contribution < -0.4 is 5.73 Å². The highest BCUT2D eigenvalue weighted by Gasteiger charge is 2.29. The Morgan fingerprint density at radius 2 is 2.45 bits per heavy atom. The predicted octanol–water partition coefficient (Wildman–Crippen LogP) is -0.998. The van der Waals surface area contributed by atoms with Gasteiger partial charge >= 0.3 is 0 Å². The Labute approximate surface area is 70.1 Å². The molecule has 0 aromatic rings. The van der Waals surface area contributed by atoms with E-state index < -0.39 is 5.91 Å². The van der Waals surface area contributed by atoms with E-state index in [9.17, 15) is 9.59 Å². The fourth-order valence-electron chi connectivity index (χ4n) is 1.07. The van der Waals surface area contributed by atoms with Crippen molar-refractivity contribution in [1.82, 2.24) is 4.90 Å². The average Bonchev–Trinajstić information content (AvgIpc) is 2.18. The van der Waals surface area contributed by atoms with Gasteiger partial charge in [-0.25, -0.2) is 0 Å². The number of nitrogens with two attached hydrogens (primary N) is 1. The van der Waals surface area contributed by atoms with Crippen LogP contribution in [0.25, 0.3) is 0 Å². The lowest BCUT2D eigenvalue weighted by atomic mass is 10.4. The Hall–Kier alpha value is -0.710. The van der Waals surface area contributed by atoms with Gasteiger partial charge < -0.3 is 10.6 Å². The molecule has 1 aliphatic rings. The fraction of sp³-hybridized carbons (Fsp3) is 0.667. The lowest BCUT2D eigenvalue weighted by Gasteiger charge is -2.12. The Balaban J connectivity index is 2.49. The van der Waals surface area contributed by atoms with Crippen molar-refractivity contribution in [3.8, 4) is 0 Å². The lowest BCUT2D eigenvalue weighted by molar-refractivity contribution is -0.131. The Kier molecular flexibility index (Phi) is 2.38. The molecule has 0 radical (unpaired) electrons. The van der Waals surface area contributed by atoms with Crippen molar-refractivity contribution < 1.29 is 9.59 Å². The molecule has 2 N–H and O–H groups in total. The molecule has 1 saturated heterocycles. The second-order valence-corrected chi connectivity index (χ2v) is 3.15. The standard InChI is InChI=1S/C6H10N2O2S/c7-5(9)3-8-2-1-4(11)6(8)10/h4,11H,1-3H2,(H2,7,9). The molecule has 5 heteroatoms. The van der Waals surface area contributed by atoms with Gasteiger partial charge in [-0.05, 0) is 6.42 Å². The van der Waals surface area contributed by atoms with Gasteiger partial charge in [0, 0.05) is 6.54 Å². The molecule has 0 aromatic carbocycles. The first-order valence-corrected chi connectivity index (χ1v) is 3.88. The summed E-state index contributed by atoms with van der Waals surface area (Å²) in [6, 6.07) is 0. The predicted molar refractivity (Wildman–Crippen MR) is 43.2 cm³/mol. The first-order valence-electron chi connectivity index (χ1n) is 3.36. The van der Waals surface area contributed by atoms with Crippen molar-refractivity contribution in [2.24, 2.45) is 5.73 Å². The van der Waals surface area contributed by atoms with Gasteiger partial charge in [-0.1, -0.05) is 0 Å². The van der Waals surface area contributed by atoms with Gasteiger partial charge in [0.2, 0.25) is 11.8 Å². The molecule has 1 rings (SSSR count). The molecule has 0 spiro atoms. The summed E-state index contributed by atoms with van der Waals surface area (Å²) in [7, 11) is 0. The average molecular weight is 174 g/mol. The summed E-state index contributed by atoms with van der Waals surface area (Å²) in [6.07, 6.45) is 0.704. The van der Waals surface area contributed by atoms with Crippen LogP contribution in [0.2, 0.25) is 0 Å². The molecule has 0 saturated carbocycles. The highest BCUT2D eigenvalue weighted by Crippen LogP contribution is 2.14. The van der Waals surface area contributed by atoms with Crippen molar-refractivity contribution >= 4 is 24.4 Å². The van der Waals surface area contributed by atoms with E-state index in [1.807, 2.05) is 0 Å². The summed E-state index contributed by atoms with van der Waals surface area (Å²) in [5.74, 6) is -0.562. The van der Waals surface area contributed by atoms with E-state index in [0.717, 1.165) is 0 Å². The van der Waals surface area contributed by atoms with Gasteiger partial charge in [-0.15, -0.1) is 0 Å². The van der Waals surface area contributed by atoms with Crippen molar-refractivity contribution in [3.63, 3.8) is 0 Å². The molecule has 0 aliphatic carbocycles. The normalized spacial score (nSPS) is 24.3. The number of carbonyl (C=O) groups excluding carboxylic acids is 2. The number of thiol groups is 1. The van der Waals surface area contributed by atoms with Crippen LogP contribution in [-0.2, 0) is 9.59 Å². The van der Waals surface area contributed by atoms with Crippen molar-refractivity contribution in [1.29, 1.82) is 0 Å². The molecule has 0 aromatic heterocycles. The van der Waals surface area contributed by atoms with Crippen LogP contribution in [0.15, 0.2) is 0 Å². The van der Waals surface area contributed by atoms with Crippen LogP contribution in [0.3, 0.4) is 0 Å². The van der Waals surface area contributed by atoms with E-state index in [1.54, 1.807) is 0 Å². The Morgan fingerprint density at radius 1 is 1.82 bits per heavy atom. The SMILES string of the molecule is NC(=O)CN1CCC(S)C1=O. The minimum atomic E-state index is -0.471. The van der Waals surface area contributed by atoms with Crippen molar-refractivity contribution in [2.75, 3.05) is 13.1 Å². The highest BCUT2D eigenvalue weighted by atomic mass is 32.1. The zero-order valence-corrected chi connectivity index (χ0v) is 6.88. The zero-order chi connectivity index (χ0) is 8.43. The quantitative estimate of drug-likeness (QED) is 0.527. The summed E-state index contributed by atoms with van der Waals surface area (Å²) in [5, 5.41) is -0.241. The maximum Gasteiger partial charge on any atom is 0.237 e. The van der Waals surface area contributed by atoms with E-state index >= 15 is 0 Å². The molecule has 1 fully saturated rings. The molecule has 1 aliphatic heterocycles. The maximum atomic E-state index is 11.1. The van der Waals surface area contributed by atoms with Crippen LogP contribution in [0.5, 0.6) is 0 Å². The Bertz CT molecular complexity index is 195. The van der Waals surface area contributed by atoms with Gasteiger partial charge in [-0.2, -0.15) is 12.6 Å². The number of amides is 2. The van der Waals surface area contributed by atoms with E-state index in [1.165, 1.54) is 4.90 Å². The van der Waals surface area contributed by atoms with Gasteiger partial charge in [0.05, 0.1) is 11.8 Å². The van der Waals surface area contributed by atoms with Crippen LogP contribution >= 0.6 is 12.6 Å². The summed E-state index contributed by atoms with van der Waals surface area (Å²) >= 11 is 4.03. The fourth-order valence-corrected chi connectivity index (χ4v) is 1.35. The van der Waals surface area contributed by atoms with E-state index in [4.69, 9.17) is 5.73 Å². The number of likely N-dealkylation sites (tertiary alicyclic amines) is 1. The van der Waals surface area contributed by atoms with E-state index in [-0.39, 0.29) is 17.7 Å². The van der Waals surface area contributed by atoms with Gasteiger partial charge in [-0.3, -0.25) is 9.59 Å². The second-order valence-electron chi connectivity index (χ2n) is 2.53. The molecular weight excluding hydrogens is 164 g/mol. The molecule has 1 atom stereocenters. The zero-order valence-electron chi connectivity index (χ0n) is 5.99. The van der Waals surface area contributed by atoms with Crippen molar-refractivity contribution in [3.05, 3.63) is 0 Å². The first-order chi connectivity index (χ1) is 5.11. The van der Waals surface area contributed by atoms with Gasteiger partial charge in [0.25, 0.3) is 0 Å². The molecule has 4 nitrogen and oxygen atoms in total. The summed E-state index contributed by atoms with van der Waals surface area (Å²) in [6.45, 7) is 0.617. The number of rotatable bonds is 2. The van der Waals surface area contributed by atoms with Crippen LogP contribution in [0.1, 0.15) is 6.42 Å². The Morgan fingerprint density at radius 3 is 2.82 bits per heavy atom. The number of primary amides is 1. The topological polar surface area (TPSA) is 63.4 Å². The number of carbonyl (C=O) groups is 2. The highest BCUT2D eigenvalue weighted by molar-refractivity contribution is 7.81. The summed E-state index contributed by atoms with van der Waals surface area (Å²) < 4.78 is 0. The number of nitrogens with zero attached hydrogens (tertiary/aromatic N) is 1. The monoisotopic (exact) mass is 174 g/mol. The molecule has 11 heavy (non-hydrogen) atoms. The molecule has 1 unspecified atom stereocenters. The third kappa shape index (κ3) is 1.86. The lowest BCUT2D eigenvalue weighted by Crippen LogP contribution is -2.35. The molecular formula is C6H10N2O2S. The third-order valence-electron chi connectivity index (χ3n) is 1.62. The van der Waals surface area contributed by atoms with E-state index in [0.29, 0.717) is 13.0 Å². The number of hydrogen-bond acceptors (Lipinski definition) is 3. The van der Waals surface area contributed by atoms with Gasteiger partial charge in [0.15, 0.2) is 0 Å². The van der Waals surface area contributed by atoms with Crippen LogP contribution in [-0.4, -0.2) is 35.1 Å². The minimum Gasteiger partial charge on any atom is -0.368 e. The third-order valence-corrected chi connectivity index (χ3v) is 2.09.